The molecule has 5 rings (SSSR count). The molecular formula is C22H24N4O5S. The minimum Gasteiger partial charge on any atom is -0.486 e. The lowest BCUT2D eigenvalue weighted by molar-refractivity contribution is -0.116. The zero-order valence-electron chi connectivity index (χ0n) is 17.7. The van der Waals surface area contributed by atoms with Crippen LogP contribution in [0.3, 0.4) is 0 Å². The van der Waals surface area contributed by atoms with Crippen LogP contribution in [0.5, 0.6) is 11.5 Å². The highest BCUT2D eigenvalue weighted by Gasteiger charge is 2.27. The van der Waals surface area contributed by atoms with Crippen molar-refractivity contribution in [2.24, 2.45) is 0 Å². The number of hydrogen-bond acceptors (Lipinski definition) is 6. The molecule has 32 heavy (non-hydrogen) atoms. The number of nitrogens with zero attached hydrogens (tertiary/aromatic N) is 3. The van der Waals surface area contributed by atoms with Crippen LogP contribution in [0.2, 0.25) is 0 Å². The van der Waals surface area contributed by atoms with E-state index >= 15 is 0 Å². The Kier molecular flexibility index (Phi) is 5.26. The van der Waals surface area contributed by atoms with Crippen molar-refractivity contribution in [1.29, 1.82) is 0 Å². The molecule has 0 spiro atoms. The van der Waals surface area contributed by atoms with Gasteiger partial charge in [0.05, 0.1) is 15.9 Å². The van der Waals surface area contributed by atoms with E-state index in [-0.39, 0.29) is 17.3 Å². The quantitative estimate of drug-likeness (QED) is 0.633. The molecule has 10 heteroatoms. The van der Waals surface area contributed by atoms with Gasteiger partial charge in [-0.3, -0.25) is 4.79 Å². The lowest BCUT2D eigenvalue weighted by atomic mass is 10.2. The third kappa shape index (κ3) is 3.80. The summed E-state index contributed by atoms with van der Waals surface area (Å²) in [4.78, 5) is 17.5. The first-order chi connectivity index (χ1) is 15.4. The van der Waals surface area contributed by atoms with Gasteiger partial charge >= 0.3 is 0 Å². The Hall–Kier alpha value is -3.11. The van der Waals surface area contributed by atoms with Crippen molar-refractivity contribution >= 4 is 32.7 Å². The van der Waals surface area contributed by atoms with Crippen molar-refractivity contribution in [3.63, 3.8) is 0 Å². The topological polar surface area (TPSA) is 103 Å². The molecule has 3 heterocycles. The van der Waals surface area contributed by atoms with Crippen molar-refractivity contribution in [3.05, 3.63) is 42.2 Å². The predicted molar refractivity (Wildman–Crippen MR) is 119 cm³/mol. The van der Waals surface area contributed by atoms with E-state index in [1.54, 1.807) is 12.1 Å². The van der Waals surface area contributed by atoms with E-state index in [4.69, 9.17) is 9.47 Å². The lowest BCUT2D eigenvalue weighted by Gasteiger charge is -2.18. The van der Waals surface area contributed by atoms with Crippen LogP contribution in [0.4, 0.5) is 5.69 Å². The van der Waals surface area contributed by atoms with E-state index in [0.29, 0.717) is 49.3 Å². The highest BCUT2D eigenvalue weighted by atomic mass is 32.2. The summed E-state index contributed by atoms with van der Waals surface area (Å²) < 4.78 is 39.9. The van der Waals surface area contributed by atoms with Crippen molar-refractivity contribution in [1.82, 2.24) is 13.9 Å². The van der Waals surface area contributed by atoms with E-state index in [1.807, 2.05) is 23.6 Å². The molecule has 1 fully saturated rings. The second-order valence-electron chi connectivity index (χ2n) is 7.91. The molecule has 1 N–H and O–H groups in total. The smallest absolute Gasteiger partial charge is 0.244 e. The third-order valence-corrected chi connectivity index (χ3v) is 7.66. The number of fused-ring (bicyclic) bond motifs is 2. The summed E-state index contributed by atoms with van der Waals surface area (Å²) in [5, 5.41) is 2.83. The van der Waals surface area contributed by atoms with Crippen LogP contribution in [0.1, 0.15) is 18.7 Å². The zero-order chi connectivity index (χ0) is 22.3. The number of aromatic nitrogens is 2. The van der Waals surface area contributed by atoms with Gasteiger partial charge in [-0.25, -0.2) is 13.4 Å². The Bertz CT molecular complexity index is 1280. The minimum atomic E-state index is -3.48. The number of benzene rings is 2. The molecule has 2 aliphatic rings. The monoisotopic (exact) mass is 456 g/mol. The summed E-state index contributed by atoms with van der Waals surface area (Å²) in [7, 11) is -3.48. The van der Waals surface area contributed by atoms with Crippen molar-refractivity contribution in [2.45, 2.75) is 31.2 Å². The van der Waals surface area contributed by atoms with E-state index in [2.05, 4.69) is 10.3 Å². The molecular weight excluding hydrogens is 432 g/mol. The Morgan fingerprint density at radius 3 is 2.41 bits per heavy atom. The van der Waals surface area contributed by atoms with Crippen molar-refractivity contribution in [2.75, 3.05) is 31.6 Å². The number of aryl methyl sites for hydroxylation is 1. The van der Waals surface area contributed by atoms with Crippen LogP contribution >= 0.6 is 0 Å². The highest BCUT2D eigenvalue weighted by Crippen LogP contribution is 2.34. The van der Waals surface area contributed by atoms with Gasteiger partial charge in [0.1, 0.15) is 25.6 Å². The van der Waals surface area contributed by atoms with Gasteiger partial charge in [0, 0.05) is 30.9 Å². The van der Waals surface area contributed by atoms with Crippen LogP contribution in [-0.2, 0) is 21.4 Å². The molecule has 1 aromatic heterocycles. The van der Waals surface area contributed by atoms with Gasteiger partial charge in [0.25, 0.3) is 0 Å². The number of ether oxygens (including phenoxy) is 2. The van der Waals surface area contributed by atoms with Crippen LogP contribution in [0, 0.1) is 6.92 Å². The number of nitrogens with one attached hydrogen (secondary N) is 1. The van der Waals surface area contributed by atoms with E-state index in [9.17, 15) is 13.2 Å². The van der Waals surface area contributed by atoms with Gasteiger partial charge in [0.2, 0.25) is 15.9 Å². The number of anilines is 1. The fourth-order valence-electron chi connectivity index (χ4n) is 4.11. The Balaban J connectivity index is 1.32. The maximum atomic E-state index is 12.7. The Morgan fingerprint density at radius 2 is 1.72 bits per heavy atom. The molecule has 2 aromatic carbocycles. The Morgan fingerprint density at radius 1 is 1.06 bits per heavy atom. The van der Waals surface area contributed by atoms with E-state index in [0.717, 1.165) is 23.9 Å². The average Bonchev–Trinajstić information content (AvgIpc) is 3.42. The second kappa shape index (κ2) is 8.10. The molecule has 0 aliphatic carbocycles. The lowest BCUT2D eigenvalue weighted by Crippen LogP contribution is -2.27. The number of amides is 1. The molecule has 168 valence electrons. The molecule has 2 aliphatic heterocycles. The zero-order valence-corrected chi connectivity index (χ0v) is 18.5. The van der Waals surface area contributed by atoms with Crippen molar-refractivity contribution < 1.29 is 22.7 Å². The van der Waals surface area contributed by atoms with E-state index < -0.39 is 10.0 Å². The Labute approximate surface area is 186 Å². The molecule has 1 saturated heterocycles. The average molecular weight is 457 g/mol. The summed E-state index contributed by atoms with van der Waals surface area (Å²) in [6, 6.07) is 9.96. The fourth-order valence-corrected chi connectivity index (χ4v) is 5.63. The largest absolute Gasteiger partial charge is 0.486 e. The molecule has 0 saturated carbocycles. The van der Waals surface area contributed by atoms with Gasteiger partial charge in [-0.1, -0.05) is 0 Å². The van der Waals surface area contributed by atoms with Gasteiger partial charge in [-0.05, 0) is 44.0 Å². The van der Waals surface area contributed by atoms with Gasteiger partial charge < -0.3 is 19.4 Å². The molecule has 1 amide bonds. The van der Waals surface area contributed by atoms with E-state index in [1.165, 1.54) is 16.4 Å². The first-order valence-corrected chi connectivity index (χ1v) is 12.0. The number of carbonyl (C=O) groups excluding carboxylic acids is 1. The molecule has 0 unspecified atom stereocenters. The number of hydrogen-bond donors (Lipinski definition) is 1. The summed E-state index contributed by atoms with van der Waals surface area (Å²) in [5.74, 6) is 1.75. The third-order valence-electron chi connectivity index (χ3n) is 5.75. The minimum absolute atomic E-state index is 0.0653. The van der Waals surface area contributed by atoms with Crippen LogP contribution in [0.15, 0.2) is 41.3 Å². The molecule has 0 radical (unpaired) electrons. The van der Waals surface area contributed by atoms with Gasteiger partial charge in [0.15, 0.2) is 11.5 Å². The number of rotatable bonds is 5. The van der Waals surface area contributed by atoms with Gasteiger partial charge in [-0.15, -0.1) is 0 Å². The number of sulfonamides is 1. The summed E-state index contributed by atoms with van der Waals surface area (Å²) in [6.45, 7) is 3.99. The standard InChI is InChI=1S/C22H24N4O5S/c1-15-23-18-12-20-21(31-11-10-30-20)13-19(18)26(15)14-22(27)24-16-4-6-17(7-5-16)32(28,29)25-8-2-3-9-25/h4-7,12-13H,2-3,8-11,14H2,1H3,(H,24,27). The second-order valence-corrected chi connectivity index (χ2v) is 9.85. The number of carbonyl (C=O) groups is 1. The number of imidazole rings is 1. The maximum absolute atomic E-state index is 12.7. The highest BCUT2D eigenvalue weighted by molar-refractivity contribution is 7.89. The van der Waals surface area contributed by atoms with Crippen LogP contribution in [-0.4, -0.2) is 54.5 Å². The van der Waals surface area contributed by atoms with Gasteiger partial charge in [-0.2, -0.15) is 4.31 Å². The molecule has 9 nitrogen and oxygen atoms in total. The normalized spacial score (nSPS) is 16.4. The van der Waals surface area contributed by atoms with Crippen LogP contribution in [0.25, 0.3) is 11.0 Å². The first-order valence-electron chi connectivity index (χ1n) is 10.6. The summed E-state index contributed by atoms with van der Waals surface area (Å²) in [5.41, 5.74) is 2.05. The fraction of sp³-hybridized carbons (Fsp3) is 0.364. The predicted octanol–water partition coefficient (Wildman–Crippen LogP) is 2.54. The molecule has 0 bridgehead atoms. The van der Waals surface area contributed by atoms with Crippen molar-refractivity contribution in [3.8, 4) is 11.5 Å². The maximum Gasteiger partial charge on any atom is 0.244 e. The molecule has 0 atom stereocenters. The van der Waals surface area contributed by atoms with Crippen LogP contribution < -0.4 is 14.8 Å². The first kappa shape index (κ1) is 20.8. The summed E-state index contributed by atoms with van der Waals surface area (Å²) in [6.07, 6.45) is 1.77. The SMILES string of the molecule is Cc1nc2cc3c(cc2n1CC(=O)Nc1ccc(S(=O)(=O)N2CCCC2)cc1)OCCO3. The summed E-state index contributed by atoms with van der Waals surface area (Å²) >= 11 is 0. The molecule has 3 aromatic rings.